The molecule has 0 amide bonds. The van der Waals surface area contributed by atoms with Crippen LogP contribution >= 0.6 is 11.3 Å². The lowest BCUT2D eigenvalue weighted by molar-refractivity contribution is -0.117. The van der Waals surface area contributed by atoms with E-state index in [9.17, 15) is 4.79 Å². The maximum Gasteiger partial charge on any atom is 0.127 e. The number of rotatable bonds is 8. The smallest absolute Gasteiger partial charge is 0.127 e. The zero-order valence-corrected chi connectivity index (χ0v) is 12.2. The Morgan fingerprint density at radius 1 is 1.56 bits per heavy atom. The van der Waals surface area contributed by atoms with Gasteiger partial charge < -0.3 is 4.79 Å². The molecule has 1 unspecified atom stereocenters. The molecule has 18 heavy (non-hydrogen) atoms. The first-order chi connectivity index (χ1) is 8.67. The Balaban J connectivity index is 1.99. The van der Waals surface area contributed by atoms with Crippen LogP contribution < -0.4 is 0 Å². The number of hydrogen-bond acceptors (Lipinski definition) is 3. The monoisotopic (exact) mass is 265 g/mol. The first-order valence-corrected chi connectivity index (χ1v) is 7.77. The van der Waals surface area contributed by atoms with Crippen LogP contribution in [0.25, 0.3) is 0 Å². The summed E-state index contributed by atoms with van der Waals surface area (Å²) < 4.78 is 0. The molecular formula is C15H23NOS. The van der Waals surface area contributed by atoms with E-state index in [4.69, 9.17) is 0 Å². The van der Waals surface area contributed by atoms with Gasteiger partial charge in [-0.3, -0.25) is 4.90 Å². The van der Waals surface area contributed by atoms with Crippen molar-refractivity contribution >= 4 is 17.6 Å². The van der Waals surface area contributed by atoms with Crippen LogP contribution in [0.4, 0.5) is 0 Å². The van der Waals surface area contributed by atoms with Crippen molar-refractivity contribution in [2.45, 2.75) is 52.1 Å². The van der Waals surface area contributed by atoms with Crippen molar-refractivity contribution in [3.8, 4) is 0 Å². The Labute approximate surface area is 114 Å². The minimum atomic E-state index is -0.172. The van der Waals surface area contributed by atoms with Crippen molar-refractivity contribution in [2.24, 2.45) is 5.41 Å². The highest BCUT2D eigenvalue weighted by atomic mass is 32.1. The van der Waals surface area contributed by atoms with Crippen LogP contribution in [0.15, 0.2) is 17.5 Å². The third-order valence-corrected chi connectivity index (χ3v) is 4.53. The molecule has 1 atom stereocenters. The average Bonchev–Trinajstić information content (AvgIpc) is 3.08. The second-order valence-corrected chi connectivity index (χ2v) is 6.77. The van der Waals surface area contributed by atoms with Crippen molar-refractivity contribution in [1.82, 2.24) is 4.90 Å². The van der Waals surface area contributed by atoms with E-state index in [1.807, 2.05) is 11.3 Å². The van der Waals surface area contributed by atoms with Gasteiger partial charge in [0, 0.05) is 29.4 Å². The van der Waals surface area contributed by atoms with E-state index in [1.54, 1.807) is 0 Å². The van der Waals surface area contributed by atoms with Gasteiger partial charge in [-0.05, 0) is 30.7 Å². The Morgan fingerprint density at radius 2 is 2.33 bits per heavy atom. The molecule has 0 bridgehead atoms. The topological polar surface area (TPSA) is 20.3 Å². The molecule has 1 aliphatic rings. The van der Waals surface area contributed by atoms with Gasteiger partial charge in [0.05, 0.1) is 0 Å². The van der Waals surface area contributed by atoms with Gasteiger partial charge in [0.15, 0.2) is 0 Å². The van der Waals surface area contributed by atoms with E-state index >= 15 is 0 Å². The molecule has 0 N–H and O–H groups in total. The average molecular weight is 265 g/mol. The molecule has 0 aromatic carbocycles. The van der Waals surface area contributed by atoms with Crippen molar-refractivity contribution in [3.05, 3.63) is 22.4 Å². The zero-order valence-electron chi connectivity index (χ0n) is 11.4. The van der Waals surface area contributed by atoms with Gasteiger partial charge >= 0.3 is 0 Å². The summed E-state index contributed by atoms with van der Waals surface area (Å²) in [6, 6.07) is 5.01. The molecule has 2 nitrogen and oxygen atoms in total. The molecule has 0 spiro atoms. The van der Waals surface area contributed by atoms with Gasteiger partial charge in [-0.2, -0.15) is 0 Å². The second kappa shape index (κ2) is 5.98. The van der Waals surface area contributed by atoms with Gasteiger partial charge in [0.2, 0.25) is 0 Å². The Kier molecular flexibility index (Phi) is 4.57. The fourth-order valence-electron chi connectivity index (χ4n) is 2.57. The first-order valence-electron chi connectivity index (χ1n) is 6.89. The lowest BCUT2D eigenvalue weighted by atomic mass is 9.86. The van der Waals surface area contributed by atoms with Crippen molar-refractivity contribution in [1.29, 1.82) is 0 Å². The van der Waals surface area contributed by atoms with Gasteiger partial charge in [0.1, 0.15) is 6.29 Å². The molecule has 1 aromatic heterocycles. The molecule has 2 rings (SSSR count). The highest BCUT2D eigenvalue weighted by molar-refractivity contribution is 7.09. The molecule has 0 radical (unpaired) electrons. The van der Waals surface area contributed by atoms with Crippen LogP contribution in [0.2, 0.25) is 0 Å². The maximum atomic E-state index is 11.4. The largest absolute Gasteiger partial charge is 0.303 e. The summed E-state index contributed by atoms with van der Waals surface area (Å²) in [5.74, 6) is 0. The zero-order chi connectivity index (χ0) is 13.0. The van der Waals surface area contributed by atoms with E-state index in [0.717, 1.165) is 25.9 Å². The van der Waals surface area contributed by atoms with E-state index in [2.05, 4.69) is 36.3 Å². The Morgan fingerprint density at radius 3 is 2.83 bits per heavy atom. The molecule has 1 aromatic rings. The molecular weight excluding hydrogens is 242 g/mol. The fraction of sp³-hybridized carbons (Fsp3) is 0.667. The van der Waals surface area contributed by atoms with Crippen LogP contribution in [0, 0.1) is 5.41 Å². The predicted molar refractivity (Wildman–Crippen MR) is 76.8 cm³/mol. The van der Waals surface area contributed by atoms with Crippen LogP contribution in [-0.4, -0.2) is 23.8 Å². The minimum absolute atomic E-state index is 0.172. The summed E-state index contributed by atoms with van der Waals surface area (Å²) in [7, 11) is 0. The summed E-state index contributed by atoms with van der Waals surface area (Å²) in [5, 5.41) is 2.13. The van der Waals surface area contributed by atoms with E-state index in [0.29, 0.717) is 6.04 Å². The van der Waals surface area contributed by atoms with E-state index < -0.39 is 0 Å². The minimum Gasteiger partial charge on any atom is -0.303 e. The summed E-state index contributed by atoms with van der Waals surface area (Å²) in [4.78, 5) is 15.3. The molecule has 1 saturated carbocycles. The van der Waals surface area contributed by atoms with Crippen molar-refractivity contribution < 1.29 is 4.79 Å². The predicted octanol–water partition coefficient (Wildman–Crippen LogP) is 3.72. The Bertz CT molecular complexity index is 372. The molecule has 1 aliphatic carbocycles. The quantitative estimate of drug-likeness (QED) is 0.668. The summed E-state index contributed by atoms with van der Waals surface area (Å²) in [5.41, 5.74) is -0.172. The summed E-state index contributed by atoms with van der Waals surface area (Å²) in [6.07, 6.45) is 5.83. The van der Waals surface area contributed by atoms with Crippen LogP contribution in [-0.2, 0) is 11.3 Å². The molecule has 1 fully saturated rings. The lowest BCUT2D eigenvalue weighted by Gasteiger charge is -2.31. The lowest BCUT2D eigenvalue weighted by Crippen LogP contribution is -2.38. The molecule has 100 valence electrons. The number of aldehydes is 1. The summed E-state index contributed by atoms with van der Waals surface area (Å²) in [6.45, 7) is 6.18. The van der Waals surface area contributed by atoms with Gasteiger partial charge in [-0.1, -0.05) is 26.3 Å². The van der Waals surface area contributed by atoms with Crippen molar-refractivity contribution in [3.63, 3.8) is 0 Å². The van der Waals surface area contributed by atoms with E-state index in [-0.39, 0.29) is 5.41 Å². The fourth-order valence-corrected chi connectivity index (χ4v) is 3.30. The highest BCUT2D eigenvalue weighted by Gasteiger charge is 2.34. The third-order valence-electron chi connectivity index (χ3n) is 3.67. The summed E-state index contributed by atoms with van der Waals surface area (Å²) >= 11 is 1.81. The second-order valence-electron chi connectivity index (χ2n) is 5.74. The Hall–Kier alpha value is -0.670. The highest BCUT2D eigenvalue weighted by Crippen LogP contribution is 2.33. The number of carbonyl (C=O) groups is 1. The number of nitrogens with zero attached hydrogens (tertiary/aromatic N) is 1. The molecule has 0 saturated heterocycles. The van der Waals surface area contributed by atoms with Crippen LogP contribution in [0.5, 0.6) is 0 Å². The van der Waals surface area contributed by atoms with Gasteiger partial charge in [0.25, 0.3) is 0 Å². The standard InChI is InChI=1S/C15H23NOS/c1-3-8-15(2,12-17)11-16(13-6-7-13)10-14-5-4-9-18-14/h4-5,9,12-13H,3,6-8,10-11H2,1-2H3. The molecule has 3 heteroatoms. The molecule has 0 aliphatic heterocycles. The maximum absolute atomic E-state index is 11.4. The third kappa shape index (κ3) is 3.66. The van der Waals surface area contributed by atoms with Gasteiger partial charge in [-0.15, -0.1) is 11.3 Å². The SMILES string of the molecule is CCCC(C)(C=O)CN(Cc1cccs1)C1CC1. The van der Waals surface area contributed by atoms with Crippen LogP contribution in [0.1, 0.15) is 44.4 Å². The normalized spacial score (nSPS) is 18.8. The number of thiophene rings is 1. The van der Waals surface area contributed by atoms with Gasteiger partial charge in [-0.25, -0.2) is 0 Å². The number of hydrogen-bond donors (Lipinski definition) is 0. The van der Waals surface area contributed by atoms with E-state index in [1.165, 1.54) is 24.0 Å². The first kappa shape index (κ1) is 13.8. The number of carbonyl (C=O) groups excluding carboxylic acids is 1. The van der Waals surface area contributed by atoms with Crippen molar-refractivity contribution in [2.75, 3.05) is 6.54 Å². The van der Waals surface area contributed by atoms with Crippen LogP contribution in [0.3, 0.4) is 0 Å². The molecule has 1 heterocycles.